The number of nitrogens with zero attached hydrogens (tertiary/aromatic N) is 1. The van der Waals surface area contributed by atoms with Gasteiger partial charge in [0.2, 0.25) is 0 Å². The first-order valence-corrected chi connectivity index (χ1v) is 5.58. The topological polar surface area (TPSA) is 40.5 Å². The first-order valence-electron chi connectivity index (χ1n) is 3.91. The molecule has 0 radical (unpaired) electrons. The van der Waals surface area contributed by atoms with Crippen LogP contribution in [0, 0.1) is 0 Å². The number of hydrogen-bond donors (Lipinski definition) is 1. The minimum absolute atomic E-state index is 0.543. The van der Waals surface area contributed by atoms with Gasteiger partial charge in [-0.15, -0.1) is 11.3 Å². The van der Waals surface area contributed by atoms with Gasteiger partial charge in [-0.25, -0.2) is 4.79 Å². The highest BCUT2D eigenvalue weighted by Gasteiger charge is 2.22. The molecule has 70 valence electrons. The first kappa shape index (κ1) is 9.02. The van der Waals surface area contributed by atoms with Crippen molar-refractivity contribution in [3.05, 3.63) is 20.3 Å². The number of amides is 1. The van der Waals surface area contributed by atoms with Gasteiger partial charge in [0.15, 0.2) is 0 Å². The third kappa shape index (κ3) is 1.58. The fourth-order valence-corrected chi connectivity index (χ4v) is 3.27. The van der Waals surface area contributed by atoms with Crippen molar-refractivity contribution in [2.75, 3.05) is 6.54 Å². The molecule has 1 aromatic rings. The minimum Gasteiger partial charge on any atom is -0.465 e. The molecular formula is C8H8BrNO2S. The lowest BCUT2D eigenvalue weighted by molar-refractivity contribution is 0.140. The Balaban J connectivity index is 2.25. The summed E-state index contributed by atoms with van der Waals surface area (Å²) >= 11 is 5.07. The van der Waals surface area contributed by atoms with E-state index in [0.717, 1.165) is 10.9 Å². The number of fused-ring (bicyclic) bond motifs is 1. The van der Waals surface area contributed by atoms with Gasteiger partial charge < -0.3 is 10.0 Å². The van der Waals surface area contributed by atoms with E-state index >= 15 is 0 Å². The highest BCUT2D eigenvalue weighted by molar-refractivity contribution is 9.10. The van der Waals surface area contributed by atoms with Gasteiger partial charge in [-0.05, 0) is 27.9 Å². The van der Waals surface area contributed by atoms with E-state index in [-0.39, 0.29) is 0 Å². The predicted molar refractivity (Wildman–Crippen MR) is 54.2 cm³/mol. The van der Waals surface area contributed by atoms with E-state index in [1.165, 1.54) is 15.3 Å². The van der Waals surface area contributed by atoms with E-state index in [1.54, 1.807) is 11.3 Å². The molecule has 0 unspecified atom stereocenters. The van der Waals surface area contributed by atoms with Crippen molar-refractivity contribution < 1.29 is 9.90 Å². The zero-order valence-electron chi connectivity index (χ0n) is 6.79. The van der Waals surface area contributed by atoms with Gasteiger partial charge in [-0.3, -0.25) is 0 Å². The van der Waals surface area contributed by atoms with Gasteiger partial charge in [0.25, 0.3) is 0 Å². The molecule has 1 aromatic heterocycles. The number of thiophene rings is 1. The smallest absolute Gasteiger partial charge is 0.407 e. The number of rotatable bonds is 0. The Morgan fingerprint density at radius 2 is 2.46 bits per heavy atom. The van der Waals surface area contributed by atoms with Crippen LogP contribution < -0.4 is 0 Å². The Morgan fingerprint density at radius 1 is 1.69 bits per heavy atom. The van der Waals surface area contributed by atoms with Crippen molar-refractivity contribution >= 4 is 33.4 Å². The van der Waals surface area contributed by atoms with Gasteiger partial charge in [-0.1, -0.05) is 0 Å². The Hall–Kier alpha value is -0.550. The van der Waals surface area contributed by atoms with Crippen molar-refractivity contribution in [1.29, 1.82) is 0 Å². The molecule has 1 N–H and O–H groups in total. The second-order valence-electron chi connectivity index (χ2n) is 2.94. The maximum atomic E-state index is 10.7. The molecule has 13 heavy (non-hydrogen) atoms. The largest absolute Gasteiger partial charge is 0.465 e. The van der Waals surface area contributed by atoms with Crippen LogP contribution in [0.1, 0.15) is 10.4 Å². The summed E-state index contributed by atoms with van der Waals surface area (Å²) in [5.74, 6) is 0. The van der Waals surface area contributed by atoms with Crippen LogP contribution in [0.5, 0.6) is 0 Å². The summed E-state index contributed by atoms with van der Waals surface area (Å²) < 4.78 is 1.12. The zero-order chi connectivity index (χ0) is 9.42. The quantitative estimate of drug-likeness (QED) is 0.780. The van der Waals surface area contributed by atoms with E-state index < -0.39 is 6.09 Å². The lowest BCUT2D eigenvalue weighted by Gasteiger charge is -2.23. The normalized spacial score (nSPS) is 15.6. The van der Waals surface area contributed by atoms with Crippen LogP contribution in [-0.2, 0) is 13.0 Å². The average Bonchev–Trinajstić information content (AvgIpc) is 2.47. The van der Waals surface area contributed by atoms with E-state index in [1.807, 2.05) is 5.38 Å². The number of carboxylic acid groups (broad SMARTS) is 1. The molecule has 0 atom stereocenters. The van der Waals surface area contributed by atoms with Crippen molar-refractivity contribution in [2.45, 2.75) is 13.0 Å². The molecule has 1 aliphatic heterocycles. The van der Waals surface area contributed by atoms with Gasteiger partial charge >= 0.3 is 6.09 Å². The van der Waals surface area contributed by atoms with E-state index in [2.05, 4.69) is 15.9 Å². The van der Waals surface area contributed by atoms with Gasteiger partial charge in [0, 0.05) is 21.3 Å². The van der Waals surface area contributed by atoms with Gasteiger partial charge in [-0.2, -0.15) is 0 Å². The summed E-state index contributed by atoms with van der Waals surface area (Å²) in [6.07, 6.45) is 0.00120. The molecule has 0 saturated heterocycles. The van der Waals surface area contributed by atoms with Crippen molar-refractivity contribution in [2.24, 2.45) is 0 Å². The van der Waals surface area contributed by atoms with Gasteiger partial charge in [0.1, 0.15) is 0 Å². The average molecular weight is 262 g/mol. The molecule has 5 heteroatoms. The standard InChI is InChI=1S/C8H8BrNO2S/c9-6-4-13-7-3-10(8(11)12)2-1-5(6)7/h4H,1-3H2,(H,11,12). The summed E-state index contributed by atoms with van der Waals surface area (Å²) in [5.41, 5.74) is 1.28. The maximum Gasteiger partial charge on any atom is 0.407 e. The molecule has 0 fully saturated rings. The third-order valence-corrected chi connectivity index (χ3v) is 4.19. The lowest BCUT2D eigenvalue weighted by Crippen LogP contribution is -2.34. The maximum absolute atomic E-state index is 10.7. The van der Waals surface area contributed by atoms with E-state index in [0.29, 0.717) is 13.1 Å². The Morgan fingerprint density at radius 3 is 3.15 bits per heavy atom. The zero-order valence-corrected chi connectivity index (χ0v) is 9.19. The SMILES string of the molecule is O=C(O)N1CCc2c(Br)csc2C1. The molecular weight excluding hydrogens is 254 g/mol. The predicted octanol–water partition coefficient (Wildman–Crippen LogP) is 2.55. The molecule has 0 saturated carbocycles. The monoisotopic (exact) mass is 261 g/mol. The summed E-state index contributed by atoms with van der Waals surface area (Å²) in [5, 5.41) is 10.8. The fourth-order valence-electron chi connectivity index (χ4n) is 1.45. The van der Waals surface area contributed by atoms with Crippen LogP contribution in [-0.4, -0.2) is 22.6 Å². The molecule has 1 amide bonds. The van der Waals surface area contributed by atoms with E-state index in [9.17, 15) is 4.79 Å². The van der Waals surface area contributed by atoms with Crippen molar-refractivity contribution in [1.82, 2.24) is 4.90 Å². The molecule has 1 aliphatic rings. The number of hydrogen-bond acceptors (Lipinski definition) is 2. The van der Waals surface area contributed by atoms with Crippen LogP contribution in [0.15, 0.2) is 9.85 Å². The van der Waals surface area contributed by atoms with Gasteiger partial charge in [0.05, 0.1) is 6.54 Å². The molecule has 0 spiro atoms. The van der Waals surface area contributed by atoms with Crippen molar-refractivity contribution in [3.63, 3.8) is 0 Å². The van der Waals surface area contributed by atoms with Crippen LogP contribution in [0.3, 0.4) is 0 Å². The lowest BCUT2D eigenvalue weighted by atomic mass is 10.1. The molecule has 0 aromatic carbocycles. The number of carbonyl (C=O) groups is 1. The van der Waals surface area contributed by atoms with Crippen LogP contribution in [0.25, 0.3) is 0 Å². The summed E-state index contributed by atoms with van der Waals surface area (Å²) in [7, 11) is 0. The second kappa shape index (κ2) is 3.31. The molecule has 2 heterocycles. The van der Waals surface area contributed by atoms with Crippen LogP contribution >= 0.6 is 27.3 Å². The highest BCUT2D eigenvalue weighted by atomic mass is 79.9. The summed E-state index contributed by atoms with van der Waals surface area (Å²) in [6.45, 7) is 1.15. The highest BCUT2D eigenvalue weighted by Crippen LogP contribution is 2.31. The molecule has 2 rings (SSSR count). The second-order valence-corrected chi connectivity index (χ2v) is 4.76. The Bertz CT molecular complexity index is 350. The molecule has 0 aliphatic carbocycles. The Labute approximate surface area is 88.1 Å². The Kier molecular flexibility index (Phi) is 2.29. The van der Waals surface area contributed by atoms with Crippen LogP contribution in [0.2, 0.25) is 0 Å². The van der Waals surface area contributed by atoms with Crippen LogP contribution in [0.4, 0.5) is 4.79 Å². The van der Waals surface area contributed by atoms with E-state index in [4.69, 9.17) is 5.11 Å². The van der Waals surface area contributed by atoms with Crippen molar-refractivity contribution in [3.8, 4) is 0 Å². The molecule has 0 bridgehead atoms. The summed E-state index contributed by atoms with van der Waals surface area (Å²) in [4.78, 5) is 13.3. The minimum atomic E-state index is -0.824. The number of halogens is 1. The molecule has 3 nitrogen and oxygen atoms in total. The first-order chi connectivity index (χ1) is 6.18. The third-order valence-electron chi connectivity index (χ3n) is 2.17. The summed E-state index contributed by atoms with van der Waals surface area (Å²) in [6, 6.07) is 0. The fraction of sp³-hybridized carbons (Fsp3) is 0.375.